The molecule has 0 bridgehead atoms. The van der Waals surface area contributed by atoms with Crippen LogP contribution in [-0.2, 0) is 6.54 Å². The Kier molecular flexibility index (Phi) is 4.58. The molecule has 0 spiro atoms. The van der Waals surface area contributed by atoms with Gasteiger partial charge >= 0.3 is 0 Å². The molecule has 5 aromatic rings. The first-order valence-electron chi connectivity index (χ1n) is 11.2. The molecular formula is C29H23N4+. The summed E-state index contributed by atoms with van der Waals surface area (Å²) in [6.45, 7) is 5.03. The van der Waals surface area contributed by atoms with E-state index in [-0.39, 0.29) is 0 Å². The molecule has 3 heterocycles. The van der Waals surface area contributed by atoms with Crippen molar-refractivity contribution in [3.05, 3.63) is 108 Å². The van der Waals surface area contributed by atoms with E-state index >= 15 is 0 Å². The number of hydrogen-bond acceptors (Lipinski definition) is 3. The first-order valence-corrected chi connectivity index (χ1v) is 11.2. The second-order valence-corrected chi connectivity index (χ2v) is 8.62. The van der Waals surface area contributed by atoms with E-state index < -0.39 is 0 Å². The molecule has 0 amide bonds. The Bertz CT molecular complexity index is 1420. The maximum atomic E-state index is 4.89. The van der Waals surface area contributed by atoms with Gasteiger partial charge in [0, 0.05) is 34.4 Å². The van der Waals surface area contributed by atoms with E-state index in [1.165, 1.54) is 27.9 Å². The van der Waals surface area contributed by atoms with Crippen molar-refractivity contribution < 1.29 is 4.57 Å². The molecule has 1 aliphatic heterocycles. The van der Waals surface area contributed by atoms with E-state index in [0.717, 1.165) is 23.2 Å². The SMILES string of the molecule is Cc1ccc(-c2nc(-c3ccc(C)cc3)nc(-c3ccc4c(c3)C[n+]3ccccc3-4)n2)cc1. The van der Waals surface area contributed by atoms with Crippen LogP contribution in [0.1, 0.15) is 16.7 Å². The molecule has 0 unspecified atom stereocenters. The highest BCUT2D eigenvalue weighted by molar-refractivity contribution is 5.71. The summed E-state index contributed by atoms with van der Waals surface area (Å²) >= 11 is 0. The number of aromatic nitrogens is 4. The zero-order valence-electron chi connectivity index (χ0n) is 18.7. The molecule has 3 aromatic carbocycles. The lowest BCUT2D eigenvalue weighted by molar-refractivity contribution is -0.672. The summed E-state index contributed by atoms with van der Waals surface area (Å²) in [5, 5.41) is 0. The summed E-state index contributed by atoms with van der Waals surface area (Å²) in [4.78, 5) is 14.6. The van der Waals surface area contributed by atoms with E-state index in [1.54, 1.807) is 0 Å². The highest BCUT2D eigenvalue weighted by Crippen LogP contribution is 2.31. The predicted molar refractivity (Wildman–Crippen MR) is 130 cm³/mol. The summed E-state index contributed by atoms with van der Waals surface area (Å²) < 4.78 is 2.28. The fourth-order valence-corrected chi connectivity index (χ4v) is 4.32. The van der Waals surface area contributed by atoms with Gasteiger partial charge in [-0.1, -0.05) is 65.7 Å². The molecule has 1 aliphatic rings. The summed E-state index contributed by atoms with van der Waals surface area (Å²) in [6.07, 6.45) is 2.13. The minimum absolute atomic E-state index is 0.689. The maximum absolute atomic E-state index is 4.89. The highest BCUT2D eigenvalue weighted by atomic mass is 15.0. The van der Waals surface area contributed by atoms with Crippen molar-refractivity contribution in [2.45, 2.75) is 20.4 Å². The lowest BCUT2D eigenvalue weighted by Gasteiger charge is -2.09. The highest BCUT2D eigenvalue weighted by Gasteiger charge is 2.26. The average Bonchev–Trinajstić information content (AvgIpc) is 3.22. The van der Waals surface area contributed by atoms with Crippen molar-refractivity contribution in [2.75, 3.05) is 0 Å². The zero-order valence-corrected chi connectivity index (χ0v) is 18.7. The van der Waals surface area contributed by atoms with E-state index in [1.807, 2.05) is 0 Å². The van der Waals surface area contributed by atoms with Gasteiger partial charge in [0.1, 0.15) is 0 Å². The zero-order chi connectivity index (χ0) is 22.4. The van der Waals surface area contributed by atoms with E-state index in [2.05, 4.69) is 110 Å². The van der Waals surface area contributed by atoms with Gasteiger partial charge in [0.25, 0.3) is 0 Å². The lowest BCUT2D eigenvalue weighted by Crippen LogP contribution is -2.31. The first kappa shape index (κ1) is 19.5. The van der Waals surface area contributed by atoms with Gasteiger partial charge in [0.15, 0.2) is 30.2 Å². The standard InChI is InChI=1S/C29H23N4/c1-19-6-10-21(11-7-19)27-30-28(22-12-8-20(2)9-13-22)32-29(31-27)23-14-15-25-24(17-23)18-33-16-4-3-5-26(25)33/h3-17H,18H2,1-2H3/q+1. The number of pyridine rings is 1. The monoisotopic (exact) mass is 427 g/mol. The summed E-state index contributed by atoms with van der Waals surface area (Å²) in [6, 6.07) is 29.5. The van der Waals surface area contributed by atoms with Gasteiger partial charge in [-0.2, -0.15) is 4.57 Å². The van der Waals surface area contributed by atoms with Gasteiger partial charge in [-0.15, -0.1) is 0 Å². The van der Waals surface area contributed by atoms with Gasteiger partial charge in [0.05, 0.1) is 5.56 Å². The van der Waals surface area contributed by atoms with Gasteiger partial charge in [0.2, 0.25) is 5.69 Å². The number of rotatable bonds is 3. The fraction of sp³-hybridized carbons (Fsp3) is 0.103. The minimum atomic E-state index is 0.689. The fourth-order valence-electron chi connectivity index (χ4n) is 4.32. The maximum Gasteiger partial charge on any atom is 0.213 e. The van der Waals surface area contributed by atoms with Crippen molar-refractivity contribution in [1.29, 1.82) is 0 Å². The van der Waals surface area contributed by atoms with Crippen LogP contribution in [-0.4, -0.2) is 15.0 Å². The van der Waals surface area contributed by atoms with Crippen molar-refractivity contribution >= 4 is 0 Å². The largest absolute Gasteiger partial charge is 0.213 e. The number of hydrogen-bond donors (Lipinski definition) is 0. The Hall–Kier alpha value is -4.18. The molecule has 0 radical (unpaired) electrons. The molecule has 33 heavy (non-hydrogen) atoms. The third kappa shape index (κ3) is 3.60. The van der Waals surface area contributed by atoms with Gasteiger partial charge in [-0.3, -0.25) is 0 Å². The van der Waals surface area contributed by atoms with E-state index in [4.69, 9.17) is 15.0 Å². The van der Waals surface area contributed by atoms with Crippen LogP contribution >= 0.6 is 0 Å². The number of nitrogens with zero attached hydrogens (tertiary/aromatic N) is 4. The molecule has 0 atom stereocenters. The van der Waals surface area contributed by atoms with Crippen LogP contribution in [0.5, 0.6) is 0 Å². The van der Waals surface area contributed by atoms with Crippen LogP contribution in [0, 0.1) is 13.8 Å². The van der Waals surface area contributed by atoms with Crippen molar-refractivity contribution in [2.24, 2.45) is 0 Å². The molecule has 0 saturated heterocycles. The van der Waals surface area contributed by atoms with Crippen molar-refractivity contribution in [3.63, 3.8) is 0 Å². The smallest absolute Gasteiger partial charge is 0.208 e. The summed E-state index contributed by atoms with van der Waals surface area (Å²) in [5.74, 6) is 2.07. The number of fused-ring (bicyclic) bond motifs is 3. The van der Waals surface area contributed by atoms with Gasteiger partial charge in [-0.25, -0.2) is 15.0 Å². The average molecular weight is 428 g/mol. The molecule has 4 nitrogen and oxygen atoms in total. The van der Waals surface area contributed by atoms with E-state index in [0.29, 0.717) is 17.5 Å². The normalized spacial score (nSPS) is 11.8. The van der Waals surface area contributed by atoms with Crippen LogP contribution < -0.4 is 4.57 Å². The number of aryl methyl sites for hydroxylation is 2. The Morgan fingerprint density at radius 3 is 1.76 bits per heavy atom. The molecule has 0 fully saturated rings. The second-order valence-electron chi connectivity index (χ2n) is 8.62. The molecule has 4 heteroatoms. The Labute approximate surface area is 193 Å². The lowest BCUT2D eigenvalue weighted by atomic mass is 10.0. The Balaban J connectivity index is 1.49. The van der Waals surface area contributed by atoms with Crippen molar-refractivity contribution in [3.8, 4) is 45.4 Å². The first-order chi connectivity index (χ1) is 16.1. The summed E-state index contributed by atoms with van der Waals surface area (Å²) in [5.41, 5.74) is 9.20. The second kappa shape index (κ2) is 7.75. The van der Waals surface area contributed by atoms with Crippen LogP contribution in [0.4, 0.5) is 0 Å². The Morgan fingerprint density at radius 1 is 0.606 bits per heavy atom. The minimum Gasteiger partial charge on any atom is -0.208 e. The van der Waals surface area contributed by atoms with Crippen LogP contribution in [0.2, 0.25) is 0 Å². The van der Waals surface area contributed by atoms with E-state index in [9.17, 15) is 0 Å². The molecule has 0 aliphatic carbocycles. The quantitative estimate of drug-likeness (QED) is 0.335. The third-order valence-electron chi connectivity index (χ3n) is 6.18. The molecular weight excluding hydrogens is 404 g/mol. The molecule has 2 aromatic heterocycles. The van der Waals surface area contributed by atoms with Crippen LogP contribution in [0.15, 0.2) is 91.1 Å². The Morgan fingerprint density at radius 2 is 1.15 bits per heavy atom. The van der Waals surface area contributed by atoms with Gasteiger partial charge in [-0.05, 0) is 32.0 Å². The van der Waals surface area contributed by atoms with Crippen LogP contribution in [0.25, 0.3) is 45.4 Å². The molecule has 0 N–H and O–H groups in total. The topological polar surface area (TPSA) is 42.5 Å². The third-order valence-corrected chi connectivity index (χ3v) is 6.18. The number of benzene rings is 3. The molecule has 0 saturated carbocycles. The van der Waals surface area contributed by atoms with Crippen molar-refractivity contribution in [1.82, 2.24) is 15.0 Å². The predicted octanol–water partition coefficient (Wildman–Crippen LogP) is 5.81. The van der Waals surface area contributed by atoms with Gasteiger partial charge < -0.3 is 0 Å². The molecule has 158 valence electrons. The van der Waals surface area contributed by atoms with Crippen LogP contribution in [0.3, 0.4) is 0 Å². The molecule has 6 rings (SSSR count). The summed E-state index contributed by atoms with van der Waals surface area (Å²) in [7, 11) is 0.